The van der Waals surface area contributed by atoms with Crippen LogP contribution in [0, 0.1) is 0 Å². The molecular weight excluding hydrogens is 607 g/mol. The number of hydrogen-bond acceptors (Lipinski definition) is 6. The zero-order chi connectivity index (χ0) is 32.6. The van der Waals surface area contributed by atoms with Crippen LogP contribution < -0.4 is 16.0 Å². The van der Waals surface area contributed by atoms with Gasteiger partial charge in [0.05, 0.1) is 18.2 Å². The topological polar surface area (TPSA) is 96.5 Å². The van der Waals surface area contributed by atoms with E-state index in [0.29, 0.717) is 27.7 Å². The normalized spacial score (nSPS) is 14.4. The van der Waals surface area contributed by atoms with E-state index < -0.39 is 0 Å². The zero-order valence-corrected chi connectivity index (χ0v) is 27.8. The molecule has 0 unspecified atom stereocenters. The minimum absolute atomic E-state index is 0.183. The summed E-state index contributed by atoms with van der Waals surface area (Å²) in [5.74, 6) is -0.700. The molecule has 0 bridgehead atoms. The lowest BCUT2D eigenvalue weighted by Crippen LogP contribution is -2.25. The van der Waals surface area contributed by atoms with Gasteiger partial charge >= 0.3 is 5.97 Å². The first kappa shape index (κ1) is 32.7. The Labute approximate surface area is 281 Å². The highest BCUT2D eigenvalue weighted by atomic mass is 32.1. The number of nitrogens with one attached hydrogen (secondary N) is 3. The zero-order valence-electron chi connectivity index (χ0n) is 27.0. The second-order valence-electron chi connectivity index (χ2n) is 12.6. The average molecular weight is 650 g/mol. The largest absolute Gasteiger partial charge is 0.465 e. The first-order valence-electron chi connectivity index (χ1n) is 16.8. The Balaban J connectivity index is 1.08. The quantitative estimate of drug-likeness (QED) is 0.135. The molecule has 1 saturated carbocycles. The van der Waals surface area contributed by atoms with E-state index in [0.717, 1.165) is 68.3 Å². The molecule has 1 aromatic heterocycles. The highest BCUT2D eigenvalue weighted by Gasteiger charge is 2.27. The van der Waals surface area contributed by atoms with E-state index in [2.05, 4.69) is 34.1 Å². The molecule has 0 atom stereocenters. The van der Waals surface area contributed by atoms with Crippen molar-refractivity contribution in [2.45, 2.75) is 83.2 Å². The molecule has 6 rings (SSSR count). The van der Waals surface area contributed by atoms with Gasteiger partial charge in [0.2, 0.25) is 0 Å². The standard InChI is InChI=1S/C39H43N3O4S/c1-46-39(45)29-20-16-26(17-21-29)8-6-9-27-18-22-32(23-19-27)41-37(44)35-33-14-4-5-15-34(33)47-38(35)42-36(43)30-11-7-10-28(24-30)25-40-31-12-2-3-13-31/h7,10-11,16-24,31,40H,2-6,8-9,12-15,25H2,1H3,(H,41,44)(H,42,43). The number of methoxy groups -OCH3 is 1. The molecule has 2 aliphatic carbocycles. The lowest BCUT2D eigenvalue weighted by molar-refractivity contribution is 0.0600. The van der Waals surface area contributed by atoms with E-state index in [1.807, 2.05) is 42.5 Å². The van der Waals surface area contributed by atoms with Crippen LogP contribution in [0.3, 0.4) is 0 Å². The van der Waals surface area contributed by atoms with Crippen molar-refractivity contribution in [3.05, 3.63) is 117 Å². The maximum Gasteiger partial charge on any atom is 0.337 e. The Kier molecular flexibility index (Phi) is 10.8. The third kappa shape index (κ3) is 8.37. The highest BCUT2D eigenvalue weighted by Crippen LogP contribution is 2.39. The monoisotopic (exact) mass is 649 g/mol. The molecule has 1 heterocycles. The minimum atomic E-state index is -0.327. The summed E-state index contributed by atoms with van der Waals surface area (Å²) in [5.41, 5.74) is 7.00. The van der Waals surface area contributed by atoms with Gasteiger partial charge in [-0.15, -0.1) is 11.3 Å². The van der Waals surface area contributed by atoms with E-state index >= 15 is 0 Å². The van der Waals surface area contributed by atoms with Crippen molar-refractivity contribution >= 4 is 39.8 Å². The van der Waals surface area contributed by atoms with Crippen LogP contribution in [-0.4, -0.2) is 30.9 Å². The maximum absolute atomic E-state index is 13.8. The molecule has 0 radical (unpaired) electrons. The fourth-order valence-electron chi connectivity index (χ4n) is 6.65. The van der Waals surface area contributed by atoms with E-state index in [-0.39, 0.29) is 17.8 Å². The second kappa shape index (κ2) is 15.5. The van der Waals surface area contributed by atoms with E-state index in [1.165, 1.54) is 60.1 Å². The van der Waals surface area contributed by atoms with Gasteiger partial charge in [-0.25, -0.2) is 4.79 Å². The third-order valence-corrected chi connectivity index (χ3v) is 10.5. The van der Waals surface area contributed by atoms with E-state index in [1.54, 1.807) is 12.1 Å². The van der Waals surface area contributed by atoms with Crippen LogP contribution >= 0.6 is 11.3 Å². The number of benzene rings is 3. The molecule has 8 heteroatoms. The summed E-state index contributed by atoms with van der Waals surface area (Å²) in [7, 11) is 1.39. The lowest BCUT2D eigenvalue weighted by atomic mass is 9.95. The molecule has 1 fully saturated rings. The molecule has 0 saturated heterocycles. The number of rotatable bonds is 12. The predicted octanol–water partition coefficient (Wildman–Crippen LogP) is 8.13. The van der Waals surface area contributed by atoms with Crippen LogP contribution in [0.15, 0.2) is 72.8 Å². The third-order valence-electron chi connectivity index (χ3n) is 9.28. The smallest absolute Gasteiger partial charge is 0.337 e. The molecule has 3 aromatic carbocycles. The van der Waals surface area contributed by atoms with E-state index in [9.17, 15) is 14.4 Å². The van der Waals surface area contributed by atoms with Gasteiger partial charge in [-0.3, -0.25) is 9.59 Å². The van der Waals surface area contributed by atoms with Crippen molar-refractivity contribution in [3.8, 4) is 0 Å². The maximum atomic E-state index is 13.8. The fourth-order valence-corrected chi connectivity index (χ4v) is 7.94. The summed E-state index contributed by atoms with van der Waals surface area (Å²) in [6.45, 7) is 0.748. The van der Waals surface area contributed by atoms with Crippen LogP contribution in [0.25, 0.3) is 0 Å². The number of esters is 1. The summed E-state index contributed by atoms with van der Waals surface area (Å²) in [6.07, 6.45) is 11.7. The number of thiophene rings is 1. The molecule has 3 N–H and O–H groups in total. The number of amides is 2. The molecule has 4 aromatic rings. The Bertz CT molecular complexity index is 1710. The first-order chi connectivity index (χ1) is 23.0. The lowest BCUT2D eigenvalue weighted by Gasteiger charge is -2.14. The van der Waals surface area contributed by atoms with Gasteiger partial charge in [0.1, 0.15) is 5.00 Å². The number of hydrogen-bond donors (Lipinski definition) is 3. The van der Waals surface area contributed by atoms with Crippen LogP contribution in [0.4, 0.5) is 10.7 Å². The van der Waals surface area contributed by atoms with Crippen LogP contribution in [-0.2, 0) is 37.0 Å². The van der Waals surface area contributed by atoms with Gasteiger partial charge in [0.15, 0.2) is 0 Å². The minimum Gasteiger partial charge on any atom is -0.465 e. The molecule has 47 heavy (non-hydrogen) atoms. The Hall–Kier alpha value is -4.27. The molecular formula is C39H43N3O4S. The summed E-state index contributed by atoms with van der Waals surface area (Å²) in [4.78, 5) is 40.1. The van der Waals surface area contributed by atoms with Crippen LogP contribution in [0.1, 0.15) is 103 Å². The van der Waals surface area contributed by atoms with Gasteiger partial charge in [-0.1, -0.05) is 49.2 Å². The number of fused-ring (bicyclic) bond motifs is 1. The number of anilines is 2. The van der Waals surface area contributed by atoms with Crippen molar-refractivity contribution in [1.82, 2.24) is 5.32 Å². The summed E-state index contributed by atoms with van der Waals surface area (Å²) >= 11 is 1.54. The van der Waals surface area contributed by atoms with Crippen LogP contribution in [0.2, 0.25) is 0 Å². The van der Waals surface area contributed by atoms with Crippen molar-refractivity contribution in [3.63, 3.8) is 0 Å². The molecule has 2 aliphatic rings. The summed E-state index contributed by atoms with van der Waals surface area (Å²) < 4.78 is 4.77. The van der Waals surface area contributed by atoms with Crippen molar-refractivity contribution in [1.29, 1.82) is 0 Å². The Morgan fingerprint density at radius 1 is 0.766 bits per heavy atom. The average Bonchev–Trinajstić information content (AvgIpc) is 3.76. The van der Waals surface area contributed by atoms with Gasteiger partial charge < -0.3 is 20.7 Å². The number of carbonyl (C=O) groups excluding carboxylic acids is 3. The first-order valence-corrected chi connectivity index (χ1v) is 17.6. The SMILES string of the molecule is COC(=O)c1ccc(CCCc2ccc(NC(=O)c3c(NC(=O)c4cccc(CNC5CCCC5)c4)sc4c3CCCC4)cc2)cc1. The van der Waals surface area contributed by atoms with Gasteiger partial charge in [0, 0.05) is 28.7 Å². The van der Waals surface area contributed by atoms with Crippen molar-refractivity contribution in [2.75, 3.05) is 17.7 Å². The van der Waals surface area contributed by atoms with Gasteiger partial charge in [-0.05, 0) is 116 Å². The van der Waals surface area contributed by atoms with E-state index in [4.69, 9.17) is 4.74 Å². The molecule has 2 amide bonds. The molecule has 7 nitrogen and oxygen atoms in total. The number of ether oxygens (including phenoxy) is 1. The fraction of sp³-hybridized carbons (Fsp3) is 0.359. The Morgan fingerprint density at radius 2 is 1.47 bits per heavy atom. The Morgan fingerprint density at radius 3 is 2.19 bits per heavy atom. The number of aryl methyl sites for hydroxylation is 3. The second-order valence-corrected chi connectivity index (χ2v) is 13.7. The number of carbonyl (C=O) groups is 3. The molecule has 0 aliphatic heterocycles. The van der Waals surface area contributed by atoms with Crippen molar-refractivity contribution < 1.29 is 19.1 Å². The van der Waals surface area contributed by atoms with Crippen LogP contribution in [0.5, 0.6) is 0 Å². The predicted molar refractivity (Wildman–Crippen MR) is 189 cm³/mol. The van der Waals surface area contributed by atoms with Gasteiger partial charge in [-0.2, -0.15) is 0 Å². The molecule has 244 valence electrons. The molecule has 0 spiro atoms. The summed E-state index contributed by atoms with van der Waals surface area (Å²) in [6, 6.07) is 23.9. The highest BCUT2D eigenvalue weighted by molar-refractivity contribution is 7.17. The van der Waals surface area contributed by atoms with Crippen molar-refractivity contribution in [2.24, 2.45) is 0 Å². The van der Waals surface area contributed by atoms with Gasteiger partial charge in [0.25, 0.3) is 11.8 Å². The summed E-state index contributed by atoms with van der Waals surface area (Å²) in [5, 5.41) is 10.5.